The quantitative estimate of drug-likeness (QED) is 0.605. The van der Waals surface area contributed by atoms with Gasteiger partial charge in [-0.3, -0.25) is 9.59 Å². The zero-order valence-corrected chi connectivity index (χ0v) is 11.7. The van der Waals surface area contributed by atoms with E-state index in [1.807, 2.05) is 0 Å². The first-order chi connectivity index (χ1) is 9.95. The summed E-state index contributed by atoms with van der Waals surface area (Å²) in [4.78, 5) is 33.7. The number of nitrogens with one attached hydrogen (secondary N) is 1. The maximum absolute atomic E-state index is 11.7. The summed E-state index contributed by atoms with van der Waals surface area (Å²) in [5, 5.41) is 11.7. The third-order valence-electron chi connectivity index (χ3n) is 3.19. The van der Waals surface area contributed by atoms with Crippen molar-refractivity contribution in [3.8, 4) is 5.75 Å². The van der Waals surface area contributed by atoms with Gasteiger partial charge in [-0.2, -0.15) is 0 Å². The summed E-state index contributed by atoms with van der Waals surface area (Å²) >= 11 is 0. The van der Waals surface area contributed by atoms with Crippen LogP contribution in [0.2, 0.25) is 0 Å². The topological polar surface area (TPSA) is 92.7 Å². The number of carbonyl (C=O) groups excluding carboxylic acids is 2. The highest BCUT2D eigenvalue weighted by atomic mass is 16.5. The maximum atomic E-state index is 11.7. The minimum atomic E-state index is -1.06. The summed E-state index contributed by atoms with van der Waals surface area (Å²) in [5.41, 5.74) is 0.745. The lowest BCUT2D eigenvalue weighted by Gasteiger charge is -2.14. The number of carboxylic acids is 1. The molecule has 112 valence electrons. The molecule has 1 atom stereocenters. The molecule has 0 spiro atoms. The fourth-order valence-corrected chi connectivity index (χ4v) is 1.93. The third kappa shape index (κ3) is 4.59. The summed E-state index contributed by atoms with van der Waals surface area (Å²) in [6, 6.07) is 5.60. The number of esters is 1. The van der Waals surface area contributed by atoms with Crippen molar-refractivity contribution in [3.05, 3.63) is 29.8 Å². The molecule has 0 saturated heterocycles. The van der Waals surface area contributed by atoms with E-state index in [1.165, 1.54) is 6.92 Å². The molecule has 1 fully saturated rings. The summed E-state index contributed by atoms with van der Waals surface area (Å²) in [5.74, 6) is -1.30. The van der Waals surface area contributed by atoms with Gasteiger partial charge in [-0.05, 0) is 30.5 Å². The molecule has 6 heteroatoms. The fraction of sp³-hybridized carbons (Fsp3) is 0.400. The summed E-state index contributed by atoms with van der Waals surface area (Å²) < 4.78 is 4.90. The van der Waals surface area contributed by atoms with Crippen LogP contribution in [0.3, 0.4) is 0 Å². The van der Waals surface area contributed by atoms with Crippen molar-refractivity contribution in [2.24, 2.45) is 5.92 Å². The van der Waals surface area contributed by atoms with Crippen LogP contribution in [-0.4, -0.2) is 29.0 Å². The van der Waals surface area contributed by atoms with Gasteiger partial charge in [-0.15, -0.1) is 0 Å². The number of benzene rings is 1. The predicted molar refractivity (Wildman–Crippen MR) is 73.7 cm³/mol. The van der Waals surface area contributed by atoms with Crippen molar-refractivity contribution in [1.82, 2.24) is 5.32 Å². The van der Waals surface area contributed by atoms with Crippen molar-refractivity contribution < 1.29 is 24.2 Å². The molecule has 1 saturated carbocycles. The average molecular weight is 291 g/mol. The van der Waals surface area contributed by atoms with E-state index in [2.05, 4.69) is 5.32 Å². The van der Waals surface area contributed by atoms with E-state index in [-0.39, 0.29) is 18.2 Å². The number of carboxylic acid groups (broad SMARTS) is 1. The molecule has 1 aromatic rings. The molecule has 2 N–H and O–H groups in total. The zero-order chi connectivity index (χ0) is 15.4. The minimum absolute atomic E-state index is 0.0295. The van der Waals surface area contributed by atoms with Crippen molar-refractivity contribution in [3.63, 3.8) is 0 Å². The second-order valence-corrected chi connectivity index (χ2v) is 5.12. The van der Waals surface area contributed by atoms with E-state index in [0.717, 1.165) is 18.4 Å². The van der Waals surface area contributed by atoms with Crippen LogP contribution in [0.15, 0.2) is 24.3 Å². The highest BCUT2D eigenvalue weighted by molar-refractivity contribution is 5.86. The first kappa shape index (κ1) is 15.0. The van der Waals surface area contributed by atoms with E-state index in [4.69, 9.17) is 4.74 Å². The van der Waals surface area contributed by atoms with Gasteiger partial charge in [0.15, 0.2) is 0 Å². The Kier molecular flexibility index (Phi) is 4.57. The predicted octanol–water partition coefficient (Wildman–Crippen LogP) is 1.13. The molecule has 0 heterocycles. The largest absolute Gasteiger partial charge is 0.480 e. The number of hydrogen-bond acceptors (Lipinski definition) is 4. The molecule has 1 aliphatic carbocycles. The van der Waals surface area contributed by atoms with Crippen molar-refractivity contribution in [1.29, 1.82) is 0 Å². The Morgan fingerprint density at radius 3 is 2.38 bits per heavy atom. The average Bonchev–Trinajstić information content (AvgIpc) is 3.23. The molecule has 2 rings (SSSR count). The number of ether oxygens (including phenoxy) is 1. The highest BCUT2D eigenvalue weighted by Crippen LogP contribution is 2.29. The first-order valence-corrected chi connectivity index (χ1v) is 6.76. The highest BCUT2D eigenvalue weighted by Gasteiger charge is 2.32. The van der Waals surface area contributed by atoms with Crippen LogP contribution in [-0.2, 0) is 20.8 Å². The Balaban J connectivity index is 1.97. The molecule has 21 heavy (non-hydrogen) atoms. The van der Waals surface area contributed by atoms with Crippen LogP contribution in [0.5, 0.6) is 5.75 Å². The molecule has 0 radical (unpaired) electrons. The number of aliphatic carboxylic acids is 1. The lowest BCUT2D eigenvalue weighted by Crippen LogP contribution is -2.43. The molecule has 1 amide bonds. The van der Waals surface area contributed by atoms with Gasteiger partial charge in [0.05, 0.1) is 0 Å². The monoisotopic (exact) mass is 291 g/mol. The lowest BCUT2D eigenvalue weighted by molar-refractivity contribution is -0.142. The van der Waals surface area contributed by atoms with Crippen molar-refractivity contribution in [2.75, 3.05) is 0 Å². The molecular weight excluding hydrogens is 274 g/mol. The number of amides is 1. The summed E-state index contributed by atoms with van der Waals surface area (Å²) in [7, 11) is 0. The van der Waals surface area contributed by atoms with E-state index in [0.29, 0.717) is 5.75 Å². The van der Waals surface area contributed by atoms with Gasteiger partial charge < -0.3 is 15.2 Å². The van der Waals surface area contributed by atoms with Crippen LogP contribution in [0, 0.1) is 5.92 Å². The zero-order valence-electron chi connectivity index (χ0n) is 11.7. The number of hydrogen-bond donors (Lipinski definition) is 2. The summed E-state index contributed by atoms with van der Waals surface area (Å²) in [6.45, 7) is 1.31. The molecule has 6 nitrogen and oxygen atoms in total. The Morgan fingerprint density at radius 1 is 1.29 bits per heavy atom. The molecule has 1 aliphatic rings. The summed E-state index contributed by atoms with van der Waals surface area (Å²) in [6.07, 6.45) is 1.85. The molecule has 1 unspecified atom stereocenters. The van der Waals surface area contributed by atoms with Gasteiger partial charge in [-0.1, -0.05) is 12.1 Å². The van der Waals surface area contributed by atoms with Crippen LogP contribution in [0.4, 0.5) is 0 Å². The molecular formula is C15H17NO5. The number of rotatable bonds is 6. The Bertz CT molecular complexity index is 548. The van der Waals surface area contributed by atoms with Gasteiger partial charge >= 0.3 is 11.9 Å². The smallest absolute Gasteiger partial charge is 0.326 e. The van der Waals surface area contributed by atoms with Crippen molar-refractivity contribution in [2.45, 2.75) is 32.2 Å². The molecule has 0 aliphatic heterocycles. The van der Waals surface area contributed by atoms with E-state index >= 15 is 0 Å². The maximum Gasteiger partial charge on any atom is 0.326 e. The van der Waals surface area contributed by atoms with Crippen LogP contribution >= 0.6 is 0 Å². The fourth-order valence-electron chi connectivity index (χ4n) is 1.93. The Hall–Kier alpha value is -2.37. The first-order valence-electron chi connectivity index (χ1n) is 6.76. The van der Waals surface area contributed by atoms with E-state index in [9.17, 15) is 19.5 Å². The van der Waals surface area contributed by atoms with Gasteiger partial charge in [0.2, 0.25) is 5.91 Å². The second kappa shape index (κ2) is 6.39. The minimum Gasteiger partial charge on any atom is -0.480 e. The Labute approximate surface area is 122 Å². The van der Waals surface area contributed by atoms with E-state index < -0.39 is 18.0 Å². The molecule has 0 aromatic heterocycles. The SMILES string of the molecule is CC(=O)Oc1ccc(CC(NC(=O)C2CC2)C(=O)O)cc1. The standard InChI is InChI=1S/C15H17NO5/c1-9(17)21-12-6-2-10(3-7-12)8-13(15(19)20)16-14(18)11-4-5-11/h2-3,6-7,11,13H,4-5,8H2,1H3,(H,16,18)(H,19,20). The van der Waals surface area contributed by atoms with Crippen LogP contribution < -0.4 is 10.1 Å². The van der Waals surface area contributed by atoms with Gasteiger partial charge in [0.25, 0.3) is 0 Å². The molecule has 1 aromatic carbocycles. The third-order valence-corrected chi connectivity index (χ3v) is 3.19. The lowest BCUT2D eigenvalue weighted by atomic mass is 10.1. The van der Waals surface area contributed by atoms with Crippen LogP contribution in [0.1, 0.15) is 25.3 Å². The number of carbonyl (C=O) groups is 3. The van der Waals surface area contributed by atoms with Gasteiger partial charge in [0.1, 0.15) is 11.8 Å². The van der Waals surface area contributed by atoms with E-state index in [1.54, 1.807) is 24.3 Å². The molecule has 0 bridgehead atoms. The van der Waals surface area contributed by atoms with Crippen LogP contribution in [0.25, 0.3) is 0 Å². The van der Waals surface area contributed by atoms with Gasteiger partial charge in [-0.25, -0.2) is 4.79 Å². The van der Waals surface area contributed by atoms with Gasteiger partial charge in [0, 0.05) is 19.3 Å². The van der Waals surface area contributed by atoms with Crippen molar-refractivity contribution >= 4 is 17.8 Å². The second-order valence-electron chi connectivity index (χ2n) is 5.12. The normalized spacial score (nSPS) is 15.1. The Morgan fingerprint density at radius 2 is 1.90 bits per heavy atom.